The molecular formula is C18H15FN4O3S. The van der Waals surface area contributed by atoms with Crippen LogP contribution in [0.1, 0.15) is 10.4 Å². The van der Waals surface area contributed by atoms with Gasteiger partial charge in [0.15, 0.2) is 5.13 Å². The van der Waals surface area contributed by atoms with E-state index in [-0.39, 0.29) is 23.0 Å². The van der Waals surface area contributed by atoms with Crippen LogP contribution in [0.4, 0.5) is 15.2 Å². The van der Waals surface area contributed by atoms with Gasteiger partial charge in [0.25, 0.3) is 11.6 Å². The van der Waals surface area contributed by atoms with Crippen molar-refractivity contribution in [3.63, 3.8) is 0 Å². The quantitative estimate of drug-likeness (QED) is 0.510. The highest BCUT2D eigenvalue weighted by atomic mass is 32.1. The van der Waals surface area contributed by atoms with E-state index in [4.69, 9.17) is 0 Å². The Bertz CT molecular complexity index is 1030. The normalized spacial score (nSPS) is 14.6. The molecule has 0 bridgehead atoms. The third kappa shape index (κ3) is 3.33. The number of hydrogen-bond acceptors (Lipinski definition) is 6. The second kappa shape index (κ2) is 6.92. The molecule has 1 saturated heterocycles. The number of carbonyl (C=O) groups is 1. The number of anilines is 1. The highest BCUT2D eigenvalue weighted by Gasteiger charge is 2.28. The highest BCUT2D eigenvalue weighted by molar-refractivity contribution is 7.22. The van der Waals surface area contributed by atoms with Crippen LogP contribution in [0.3, 0.4) is 0 Å². The molecule has 9 heteroatoms. The van der Waals surface area contributed by atoms with Gasteiger partial charge in [0, 0.05) is 32.2 Å². The molecule has 2 aromatic carbocycles. The van der Waals surface area contributed by atoms with E-state index in [1.165, 1.54) is 35.6 Å². The fourth-order valence-electron chi connectivity index (χ4n) is 3.11. The number of amides is 1. The first-order valence-electron chi connectivity index (χ1n) is 8.36. The van der Waals surface area contributed by atoms with E-state index in [0.29, 0.717) is 26.2 Å². The minimum Gasteiger partial charge on any atom is -0.345 e. The van der Waals surface area contributed by atoms with E-state index in [2.05, 4.69) is 4.98 Å². The average molecular weight is 386 g/mol. The smallest absolute Gasteiger partial charge is 0.282 e. The largest absolute Gasteiger partial charge is 0.345 e. The van der Waals surface area contributed by atoms with Crippen LogP contribution in [0, 0.1) is 15.9 Å². The summed E-state index contributed by atoms with van der Waals surface area (Å²) >= 11 is 1.41. The first-order chi connectivity index (χ1) is 13.0. The molecule has 1 aliphatic rings. The summed E-state index contributed by atoms with van der Waals surface area (Å²) in [6.07, 6.45) is 0. The maximum atomic E-state index is 13.4. The number of fused-ring (bicyclic) bond motifs is 1. The van der Waals surface area contributed by atoms with E-state index in [0.717, 1.165) is 15.3 Å². The highest BCUT2D eigenvalue weighted by Crippen LogP contribution is 2.30. The summed E-state index contributed by atoms with van der Waals surface area (Å²) in [5.41, 5.74) is 0.666. The minimum absolute atomic E-state index is 0.103. The number of carbonyl (C=O) groups excluding carboxylic acids is 1. The molecule has 0 N–H and O–H groups in total. The number of nitrogens with zero attached hydrogens (tertiary/aromatic N) is 4. The summed E-state index contributed by atoms with van der Waals surface area (Å²) in [4.78, 5) is 31.5. The zero-order chi connectivity index (χ0) is 19.0. The number of hydrogen-bond donors (Lipinski definition) is 0. The van der Waals surface area contributed by atoms with Gasteiger partial charge in [0.05, 0.1) is 15.1 Å². The molecular weight excluding hydrogens is 371 g/mol. The predicted octanol–water partition coefficient (Wildman–Crippen LogP) is 3.31. The van der Waals surface area contributed by atoms with Crippen molar-refractivity contribution in [1.82, 2.24) is 9.88 Å². The van der Waals surface area contributed by atoms with E-state index in [1.54, 1.807) is 23.1 Å². The standard InChI is InChI=1S/C18H15FN4O3S/c19-12-5-6-14-16(11-12)27-18(20-14)22-9-7-21(8-10-22)17(24)13-3-1-2-4-15(13)23(25)26/h1-6,11H,7-10H2. The second-order valence-corrected chi connectivity index (χ2v) is 7.17. The van der Waals surface area contributed by atoms with E-state index in [1.807, 2.05) is 4.90 Å². The molecule has 27 heavy (non-hydrogen) atoms. The van der Waals surface area contributed by atoms with Gasteiger partial charge in [-0.15, -0.1) is 0 Å². The van der Waals surface area contributed by atoms with Crippen molar-refractivity contribution in [2.24, 2.45) is 0 Å². The number of para-hydroxylation sites is 1. The lowest BCUT2D eigenvalue weighted by Crippen LogP contribution is -2.48. The Labute approximate surface area is 157 Å². The number of halogens is 1. The molecule has 1 fully saturated rings. The van der Waals surface area contributed by atoms with Crippen LogP contribution in [0.5, 0.6) is 0 Å². The van der Waals surface area contributed by atoms with Gasteiger partial charge in [-0.05, 0) is 24.3 Å². The van der Waals surface area contributed by atoms with Crippen LogP contribution >= 0.6 is 11.3 Å². The number of benzene rings is 2. The van der Waals surface area contributed by atoms with Crippen LogP contribution in [-0.2, 0) is 0 Å². The Morgan fingerprint density at radius 3 is 2.63 bits per heavy atom. The molecule has 0 aliphatic carbocycles. The fraction of sp³-hybridized carbons (Fsp3) is 0.222. The van der Waals surface area contributed by atoms with Crippen LogP contribution in [0.25, 0.3) is 10.2 Å². The maximum absolute atomic E-state index is 13.4. The molecule has 0 saturated carbocycles. The van der Waals surface area contributed by atoms with Gasteiger partial charge in [-0.25, -0.2) is 9.37 Å². The predicted molar refractivity (Wildman–Crippen MR) is 101 cm³/mol. The van der Waals surface area contributed by atoms with Crippen LogP contribution in [0.15, 0.2) is 42.5 Å². The SMILES string of the molecule is O=C(c1ccccc1[N+](=O)[O-])N1CCN(c2nc3ccc(F)cc3s2)CC1. The second-order valence-electron chi connectivity index (χ2n) is 6.16. The molecule has 0 spiro atoms. The van der Waals surface area contributed by atoms with E-state index >= 15 is 0 Å². The molecule has 7 nitrogen and oxygen atoms in total. The molecule has 0 radical (unpaired) electrons. The number of rotatable bonds is 3. The third-order valence-electron chi connectivity index (χ3n) is 4.51. The van der Waals surface area contributed by atoms with E-state index in [9.17, 15) is 19.3 Å². The van der Waals surface area contributed by atoms with E-state index < -0.39 is 4.92 Å². The Morgan fingerprint density at radius 1 is 1.15 bits per heavy atom. The molecule has 0 atom stereocenters. The zero-order valence-corrected chi connectivity index (χ0v) is 15.0. The minimum atomic E-state index is -0.538. The van der Waals surface area contributed by atoms with Gasteiger partial charge in [-0.3, -0.25) is 14.9 Å². The Morgan fingerprint density at radius 2 is 1.89 bits per heavy atom. The van der Waals surface area contributed by atoms with Crippen molar-refractivity contribution in [2.45, 2.75) is 0 Å². The number of thiazole rings is 1. The van der Waals surface area contributed by atoms with Gasteiger partial charge in [-0.1, -0.05) is 23.5 Å². The number of piperazine rings is 1. The average Bonchev–Trinajstić information content (AvgIpc) is 3.10. The Balaban J connectivity index is 1.48. The maximum Gasteiger partial charge on any atom is 0.282 e. The summed E-state index contributed by atoms with van der Waals surface area (Å²) < 4.78 is 14.1. The van der Waals surface area contributed by atoms with Gasteiger partial charge >= 0.3 is 0 Å². The fourth-order valence-corrected chi connectivity index (χ4v) is 4.15. The molecule has 3 aromatic rings. The zero-order valence-electron chi connectivity index (χ0n) is 14.2. The molecule has 2 heterocycles. The summed E-state index contributed by atoms with van der Waals surface area (Å²) in [5, 5.41) is 11.9. The molecule has 1 amide bonds. The summed E-state index contributed by atoms with van der Waals surface area (Å²) in [6, 6.07) is 10.5. The van der Waals surface area contributed by atoms with Crippen molar-refractivity contribution >= 4 is 38.3 Å². The van der Waals surface area contributed by atoms with Crippen molar-refractivity contribution in [3.05, 3.63) is 64.0 Å². The summed E-state index contributed by atoms with van der Waals surface area (Å²) in [6.45, 7) is 2.01. The van der Waals surface area contributed by atoms with Gasteiger partial charge < -0.3 is 9.80 Å². The molecule has 138 valence electrons. The van der Waals surface area contributed by atoms with Crippen molar-refractivity contribution in [3.8, 4) is 0 Å². The molecule has 1 aromatic heterocycles. The number of aromatic nitrogens is 1. The third-order valence-corrected chi connectivity index (χ3v) is 5.59. The lowest BCUT2D eigenvalue weighted by Gasteiger charge is -2.34. The Kier molecular flexibility index (Phi) is 4.44. The van der Waals surface area contributed by atoms with Crippen molar-refractivity contribution in [1.29, 1.82) is 0 Å². The molecule has 0 unspecified atom stereocenters. The lowest BCUT2D eigenvalue weighted by atomic mass is 10.1. The van der Waals surface area contributed by atoms with Gasteiger partial charge in [0.2, 0.25) is 0 Å². The first-order valence-corrected chi connectivity index (χ1v) is 9.18. The number of nitro benzene ring substituents is 1. The lowest BCUT2D eigenvalue weighted by molar-refractivity contribution is -0.385. The first kappa shape index (κ1) is 17.3. The summed E-state index contributed by atoms with van der Waals surface area (Å²) in [5.74, 6) is -0.633. The van der Waals surface area contributed by atoms with Crippen LogP contribution < -0.4 is 4.90 Å². The number of nitro groups is 1. The van der Waals surface area contributed by atoms with Crippen LogP contribution in [-0.4, -0.2) is 46.9 Å². The van der Waals surface area contributed by atoms with Gasteiger partial charge in [0.1, 0.15) is 11.4 Å². The van der Waals surface area contributed by atoms with Crippen molar-refractivity contribution < 1.29 is 14.1 Å². The molecule has 4 rings (SSSR count). The summed E-state index contributed by atoms with van der Waals surface area (Å²) in [7, 11) is 0. The topological polar surface area (TPSA) is 79.6 Å². The Hall–Kier alpha value is -3.07. The van der Waals surface area contributed by atoms with Crippen LogP contribution in [0.2, 0.25) is 0 Å². The van der Waals surface area contributed by atoms with Crippen molar-refractivity contribution in [2.75, 3.05) is 31.1 Å². The molecule has 1 aliphatic heterocycles. The van der Waals surface area contributed by atoms with Gasteiger partial charge in [-0.2, -0.15) is 0 Å². The monoisotopic (exact) mass is 386 g/mol.